The Morgan fingerprint density at radius 1 is 1.00 bits per heavy atom. The first-order valence-corrected chi connectivity index (χ1v) is 9.03. The summed E-state index contributed by atoms with van der Waals surface area (Å²) in [6, 6.07) is 16.5. The zero-order valence-electron chi connectivity index (χ0n) is 16.2. The summed E-state index contributed by atoms with van der Waals surface area (Å²) >= 11 is 0. The number of hydrogen-bond acceptors (Lipinski definition) is 4. The third-order valence-electron chi connectivity index (χ3n) is 3.93. The van der Waals surface area contributed by atoms with Gasteiger partial charge in [-0.05, 0) is 50.6 Å². The summed E-state index contributed by atoms with van der Waals surface area (Å²) in [7, 11) is 0. The van der Waals surface area contributed by atoms with E-state index in [0.717, 1.165) is 16.5 Å². The van der Waals surface area contributed by atoms with Crippen LogP contribution in [0.1, 0.15) is 36.7 Å². The van der Waals surface area contributed by atoms with Crippen LogP contribution in [0.3, 0.4) is 0 Å². The number of carbonyl (C=O) groups is 2. The van der Waals surface area contributed by atoms with Gasteiger partial charge in [-0.15, -0.1) is 0 Å². The van der Waals surface area contributed by atoms with Gasteiger partial charge in [0.25, 0.3) is 5.91 Å². The molecule has 2 N–H and O–H groups in total. The van der Waals surface area contributed by atoms with Crippen LogP contribution in [0, 0.1) is 0 Å². The largest absolute Gasteiger partial charge is 0.444 e. The Labute approximate surface area is 163 Å². The smallest absolute Gasteiger partial charge is 0.407 e. The van der Waals surface area contributed by atoms with E-state index in [-0.39, 0.29) is 5.91 Å². The molecule has 0 aliphatic rings. The fraction of sp³-hybridized carbons (Fsp3) is 0.227. The Hall–Kier alpha value is -3.41. The average Bonchev–Trinajstić information content (AvgIpc) is 2.66. The van der Waals surface area contributed by atoms with Crippen molar-refractivity contribution in [1.29, 1.82) is 0 Å². The van der Waals surface area contributed by atoms with E-state index in [4.69, 9.17) is 4.74 Å². The highest BCUT2D eigenvalue weighted by molar-refractivity contribution is 6.08. The molecule has 2 aromatic carbocycles. The molecule has 0 saturated carbocycles. The van der Waals surface area contributed by atoms with Crippen molar-refractivity contribution in [3.05, 3.63) is 71.9 Å². The molecular weight excluding hydrogens is 354 g/mol. The van der Waals surface area contributed by atoms with Crippen LogP contribution < -0.4 is 10.6 Å². The number of hydrogen-bond donors (Lipinski definition) is 2. The summed E-state index contributed by atoms with van der Waals surface area (Å²) in [4.78, 5) is 28.6. The molecule has 6 nitrogen and oxygen atoms in total. The number of ether oxygens (including phenoxy) is 1. The van der Waals surface area contributed by atoms with Gasteiger partial charge in [-0.1, -0.05) is 30.3 Å². The quantitative estimate of drug-likeness (QED) is 0.701. The number of para-hydroxylation sites is 1. The molecule has 0 atom stereocenters. The zero-order valence-corrected chi connectivity index (χ0v) is 16.2. The number of carbonyl (C=O) groups excluding carboxylic acids is 2. The maximum atomic E-state index is 12.6. The average molecular weight is 377 g/mol. The summed E-state index contributed by atoms with van der Waals surface area (Å²) in [5.74, 6) is -0.218. The van der Waals surface area contributed by atoms with Crippen molar-refractivity contribution < 1.29 is 14.3 Å². The van der Waals surface area contributed by atoms with Crippen LogP contribution in [0.4, 0.5) is 10.5 Å². The van der Waals surface area contributed by atoms with Crippen LogP contribution in [0.25, 0.3) is 10.9 Å². The van der Waals surface area contributed by atoms with E-state index in [9.17, 15) is 9.59 Å². The van der Waals surface area contributed by atoms with Crippen molar-refractivity contribution in [3.8, 4) is 0 Å². The fourth-order valence-electron chi connectivity index (χ4n) is 2.66. The highest BCUT2D eigenvalue weighted by Gasteiger charge is 2.15. The first kappa shape index (κ1) is 19.4. The number of nitrogens with zero attached hydrogens (tertiary/aromatic N) is 1. The van der Waals surface area contributed by atoms with Crippen molar-refractivity contribution in [2.75, 3.05) is 5.32 Å². The fourth-order valence-corrected chi connectivity index (χ4v) is 2.66. The Morgan fingerprint density at radius 3 is 2.43 bits per heavy atom. The lowest BCUT2D eigenvalue weighted by Gasteiger charge is -2.19. The summed E-state index contributed by atoms with van der Waals surface area (Å²) in [5, 5.41) is 6.56. The van der Waals surface area contributed by atoms with E-state index < -0.39 is 11.7 Å². The summed E-state index contributed by atoms with van der Waals surface area (Å²) in [6.07, 6.45) is 1.22. The molecule has 1 heterocycles. The van der Waals surface area contributed by atoms with Gasteiger partial charge in [0.05, 0.1) is 11.2 Å². The van der Waals surface area contributed by atoms with Crippen molar-refractivity contribution in [3.63, 3.8) is 0 Å². The lowest BCUT2D eigenvalue weighted by atomic mass is 10.1. The number of aromatic nitrogens is 1. The highest BCUT2D eigenvalue weighted by atomic mass is 16.6. The van der Waals surface area contributed by atoms with Crippen molar-refractivity contribution in [2.24, 2.45) is 0 Å². The van der Waals surface area contributed by atoms with Gasteiger partial charge in [-0.25, -0.2) is 4.79 Å². The predicted molar refractivity (Wildman–Crippen MR) is 109 cm³/mol. The molecule has 3 rings (SSSR count). The van der Waals surface area contributed by atoms with E-state index in [1.165, 1.54) is 0 Å². The molecule has 6 heteroatoms. The van der Waals surface area contributed by atoms with Gasteiger partial charge >= 0.3 is 6.09 Å². The molecule has 0 bridgehead atoms. The van der Waals surface area contributed by atoms with E-state index >= 15 is 0 Å². The molecule has 1 aromatic heterocycles. The van der Waals surface area contributed by atoms with Gasteiger partial charge < -0.3 is 15.4 Å². The first-order valence-electron chi connectivity index (χ1n) is 9.03. The number of anilines is 1. The molecule has 3 aromatic rings. The van der Waals surface area contributed by atoms with Crippen LogP contribution in [-0.2, 0) is 11.3 Å². The molecule has 0 radical (unpaired) electrons. The molecule has 28 heavy (non-hydrogen) atoms. The number of benzene rings is 2. The van der Waals surface area contributed by atoms with Gasteiger partial charge in [0.2, 0.25) is 0 Å². The molecule has 0 aliphatic heterocycles. The van der Waals surface area contributed by atoms with Gasteiger partial charge in [-0.2, -0.15) is 0 Å². The Morgan fingerprint density at radius 2 is 1.71 bits per heavy atom. The number of fused-ring (bicyclic) bond motifs is 1. The van der Waals surface area contributed by atoms with Gasteiger partial charge in [0.1, 0.15) is 5.60 Å². The summed E-state index contributed by atoms with van der Waals surface area (Å²) in [5.41, 5.74) is 2.26. The van der Waals surface area contributed by atoms with Crippen molar-refractivity contribution in [2.45, 2.75) is 32.9 Å². The maximum absolute atomic E-state index is 12.6. The Bertz CT molecular complexity index is 987. The Kier molecular flexibility index (Phi) is 5.59. The van der Waals surface area contributed by atoms with Crippen molar-refractivity contribution >= 4 is 28.6 Å². The third kappa shape index (κ3) is 5.07. The minimum Gasteiger partial charge on any atom is -0.444 e. The molecule has 0 aliphatic carbocycles. The van der Waals surface area contributed by atoms with Crippen molar-refractivity contribution in [1.82, 2.24) is 10.3 Å². The predicted octanol–water partition coefficient (Wildman–Crippen LogP) is 4.51. The van der Waals surface area contributed by atoms with Crippen LogP contribution in [-0.4, -0.2) is 22.6 Å². The normalized spacial score (nSPS) is 11.1. The number of alkyl carbamates (subject to hydrolysis) is 1. The third-order valence-corrected chi connectivity index (χ3v) is 3.93. The standard InChI is InChI=1S/C22H23N3O3/c1-22(2,3)28-21(27)24-14-15-9-11-17(12-10-15)20(26)25-18-8-4-6-16-7-5-13-23-19(16)18/h4-13H,14H2,1-3H3,(H,24,27)(H,25,26). The molecule has 0 saturated heterocycles. The zero-order chi connectivity index (χ0) is 20.1. The van der Waals surface area contributed by atoms with Gasteiger partial charge in [0, 0.05) is 23.7 Å². The number of rotatable bonds is 4. The van der Waals surface area contributed by atoms with Crippen LogP contribution in [0.15, 0.2) is 60.8 Å². The highest BCUT2D eigenvalue weighted by Crippen LogP contribution is 2.21. The molecular formula is C22H23N3O3. The van der Waals surface area contributed by atoms with Crippen LogP contribution in [0.2, 0.25) is 0 Å². The second-order valence-corrected chi connectivity index (χ2v) is 7.39. The topological polar surface area (TPSA) is 80.3 Å². The minimum absolute atomic E-state index is 0.218. The van der Waals surface area contributed by atoms with Crippen LogP contribution >= 0.6 is 0 Å². The molecule has 144 valence electrons. The minimum atomic E-state index is -0.539. The van der Waals surface area contributed by atoms with Crippen LogP contribution in [0.5, 0.6) is 0 Å². The molecule has 0 spiro atoms. The summed E-state index contributed by atoms with van der Waals surface area (Å²) in [6.45, 7) is 5.76. The molecule has 0 unspecified atom stereocenters. The van der Waals surface area contributed by atoms with Gasteiger partial charge in [0.15, 0.2) is 0 Å². The lowest BCUT2D eigenvalue weighted by Crippen LogP contribution is -2.32. The maximum Gasteiger partial charge on any atom is 0.407 e. The van der Waals surface area contributed by atoms with E-state index in [2.05, 4.69) is 15.6 Å². The van der Waals surface area contributed by atoms with E-state index in [1.807, 2.05) is 51.1 Å². The molecule has 2 amide bonds. The molecule has 0 fully saturated rings. The first-order chi connectivity index (χ1) is 13.3. The lowest BCUT2D eigenvalue weighted by molar-refractivity contribution is 0.0523. The number of pyridine rings is 1. The van der Waals surface area contributed by atoms with Gasteiger partial charge in [-0.3, -0.25) is 9.78 Å². The monoisotopic (exact) mass is 377 g/mol. The van der Waals surface area contributed by atoms with E-state index in [1.54, 1.807) is 30.5 Å². The number of amides is 2. The second-order valence-electron chi connectivity index (χ2n) is 7.39. The summed E-state index contributed by atoms with van der Waals surface area (Å²) < 4.78 is 5.20. The number of nitrogens with one attached hydrogen (secondary N) is 2. The Balaban J connectivity index is 1.63. The van der Waals surface area contributed by atoms with E-state index in [0.29, 0.717) is 17.8 Å². The SMILES string of the molecule is CC(C)(C)OC(=O)NCc1ccc(C(=O)Nc2cccc3cccnc23)cc1. The second kappa shape index (κ2) is 8.08.